The highest BCUT2D eigenvalue weighted by molar-refractivity contribution is 5.40. The molecule has 0 spiro atoms. The van der Waals surface area contributed by atoms with Crippen LogP contribution in [-0.2, 0) is 28.4 Å². The Kier molecular flexibility index (Phi) is 12.4. The maximum Gasteiger partial charge on any atom is 0.194 e. The summed E-state index contributed by atoms with van der Waals surface area (Å²) in [5, 5.41) is 42.0. The smallest absolute Gasteiger partial charge is 0.194 e. The van der Waals surface area contributed by atoms with Crippen LogP contribution < -0.4 is 0 Å². The number of ether oxygens (including phenoxy) is 6. The third-order valence-electron chi connectivity index (χ3n) is 11.2. The van der Waals surface area contributed by atoms with Crippen molar-refractivity contribution < 1.29 is 48.8 Å². The Balaban J connectivity index is 0.000000207. The zero-order chi connectivity index (χ0) is 33.3. The lowest BCUT2D eigenvalue weighted by molar-refractivity contribution is -0.305. The van der Waals surface area contributed by atoms with Gasteiger partial charge in [-0.05, 0) is 64.2 Å². The molecular weight excluding hydrogens is 580 g/mol. The van der Waals surface area contributed by atoms with Crippen molar-refractivity contribution in [2.75, 3.05) is 40.6 Å². The van der Waals surface area contributed by atoms with Crippen LogP contribution >= 0.6 is 0 Å². The van der Waals surface area contributed by atoms with Crippen LogP contribution in [-0.4, -0.2) is 110 Å². The Labute approximate surface area is 270 Å². The summed E-state index contributed by atoms with van der Waals surface area (Å²) in [7, 11) is 3.22. The molecule has 4 N–H and O–H groups in total. The van der Waals surface area contributed by atoms with Gasteiger partial charge in [0, 0.05) is 38.1 Å². The first-order chi connectivity index (χ1) is 21.2. The molecule has 2 saturated heterocycles. The molecule has 10 heteroatoms. The number of epoxide rings is 1. The SMILES string of the molecule is CCOC(C)(OC[C@H]1O[C@H](OC)C(O)C(C)C1O)[C@@H]1CO1.COC[C@H]1CC[C@@H]2/C1=C\[C@]1(C)C(=C(C(C)C)C[C@@H]1O)C[C@H](O)[C@@H]2C. The summed E-state index contributed by atoms with van der Waals surface area (Å²) in [6.45, 7) is 16.2. The highest BCUT2D eigenvalue weighted by Crippen LogP contribution is 2.54. The Hall–Kier alpha value is -0.920. The maximum atomic E-state index is 10.9. The molecule has 13 atom stereocenters. The van der Waals surface area contributed by atoms with Crippen LogP contribution in [0, 0.1) is 35.0 Å². The van der Waals surface area contributed by atoms with Crippen molar-refractivity contribution in [3.8, 4) is 0 Å². The Morgan fingerprint density at radius 3 is 2.27 bits per heavy atom. The molecule has 2 aliphatic heterocycles. The van der Waals surface area contributed by atoms with Gasteiger partial charge in [0.2, 0.25) is 0 Å². The molecular formula is C35H60O10. The Morgan fingerprint density at radius 2 is 1.69 bits per heavy atom. The second-order valence-electron chi connectivity index (χ2n) is 14.5. The second-order valence-corrected chi connectivity index (χ2v) is 14.5. The summed E-state index contributed by atoms with van der Waals surface area (Å²) in [5.41, 5.74) is 3.74. The minimum Gasteiger partial charge on any atom is -0.392 e. The van der Waals surface area contributed by atoms with E-state index in [0.717, 1.165) is 25.9 Å². The first kappa shape index (κ1) is 36.9. The van der Waals surface area contributed by atoms with Gasteiger partial charge >= 0.3 is 0 Å². The van der Waals surface area contributed by atoms with Crippen LogP contribution in [0.4, 0.5) is 0 Å². The van der Waals surface area contributed by atoms with Gasteiger partial charge in [-0.25, -0.2) is 0 Å². The van der Waals surface area contributed by atoms with E-state index >= 15 is 0 Å². The molecule has 260 valence electrons. The second kappa shape index (κ2) is 15.1. The predicted molar refractivity (Wildman–Crippen MR) is 169 cm³/mol. The fraction of sp³-hybridized carbons (Fsp3) is 0.886. The number of rotatable bonds is 10. The normalized spacial score (nSPS) is 43.8. The molecule has 3 fully saturated rings. The van der Waals surface area contributed by atoms with Crippen LogP contribution in [0.15, 0.2) is 22.8 Å². The molecule has 10 nitrogen and oxygen atoms in total. The number of fused-ring (bicyclic) bond motifs is 2. The molecule has 4 unspecified atom stereocenters. The molecule has 5 aliphatic rings. The Morgan fingerprint density at radius 1 is 1.00 bits per heavy atom. The lowest BCUT2D eigenvalue weighted by atomic mass is 9.69. The average Bonchev–Trinajstić information content (AvgIpc) is 3.76. The van der Waals surface area contributed by atoms with Crippen LogP contribution in [0.5, 0.6) is 0 Å². The largest absolute Gasteiger partial charge is 0.392 e. The van der Waals surface area contributed by atoms with E-state index in [0.29, 0.717) is 37.4 Å². The fourth-order valence-corrected chi connectivity index (χ4v) is 7.97. The van der Waals surface area contributed by atoms with E-state index in [1.54, 1.807) is 14.0 Å². The van der Waals surface area contributed by atoms with E-state index in [4.69, 9.17) is 28.4 Å². The summed E-state index contributed by atoms with van der Waals surface area (Å²) >= 11 is 0. The minimum absolute atomic E-state index is 0.0978. The van der Waals surface area contributed by atoms with Crippen LogP contribution in [0.25, 0.3) is 0 Å². The van der Waals surface area contributed by atoms with Gasteiger partial charge in [-0.2, -0.15) is 0 Å². The molecule has 0 aromatic rings. The maximum absolute atomic E-state index is 10.9. The molecule has 5 rings (SSSR count). The monoisotopic (exact) mass is 640 g/mol. The molecule has 2 heterocycles. The molecule has 0 radical (unpaired) electrons. The first-order valence-electron chi connectivity index (χ1n) is 17.0. The summed E-state index contributed by atoms with van der Waals surface area (Å²) < 4.78 is 32.8. The summed E-state index contributed by atoms with van der Waals surface area (Å²) in [6.07, 6.45) is 2.22. The van der Waals surface area contributed by atoms with E-state index in [9.17, 15) is 20.4 Å². The quantitative estimate of drug-likeness (QED) is 0.159. The number of hydrogen-bond donors (Lipinski definition) is 4. The molecule has 3 aliphatic carbocycles. The van der Waals surface area contributed by atoms with Gasteiger partial charge in [0.25, 0.3) is 0 Å². The van der Waals surface area contributed by atoms with E-state index in [-0.39, 0.29) is 42.2 Å². The summed E-state index contributed by atoms with van der Waals surface area (Å²) in [4.78, 5) is 0. The summed E-state index contributed by atoms with van der Waals surface area (Å²) in [5.74, 6) is 0.328. The zero-order valence-corrected chi connectivity index (χ0v) is 28.9. The molecule has 0 amide bonds. The number of aliphatic hydroxyl groups is 4. The highest BCUT2D eigenvalue weighted by Gasteiger charge is 2.50. The van der Waals surface area contributed by atoms with Crippen LogP contribution in [0.3, 0.4) is 0 Å². The van der Waals surface area contributed by atoms with Gasteiger partial charge < -0.3 is 48.8 Å². The van der Waals surface area contributed by atoms with Gasteiger partial charge in [0.1, 0.15) is 18.3 Å². The minimum atomic E-state index is -0.869. The number of hydrogen-bond acceptors (Lipinski definition) is 10. The van der Waals surface area contributed by atoms with Crippen molar-refractivity contribution >= 4 is 0 Å². The van der Waals surface area contributed by atoms with Gasteiger partial charge in [-0.1, -0.05) is 50.5 Å². The van der Waals surface area contributed by atoms with Crippen molar-refractivity contribution in [2.45, 2.75) is 123 Å². The van der Waals surface area contributed by atoms with E-state index in [1.807, 2.05) is 13.8 Å². The molecule has 1 saturated carbocycles. The standard InChI is InChI=1S/C21H34O3.C14H26O7/c1-12(2)16-8-20(23)21(4)10-17-14(11-24-5)6-7-15(17)13(3)19(22)9-18(16)21;1-5-19-14(3,10-7-18-10)20-6-9-11(15)8(2)12(16)13(17-4)21-9/h10,12-15,19-20,22-23H,6-9,11H2,1-5H3;8-13,15-16H,5-7H2,1-4H3/b17-10-;/t13-,14-,15+,19+,20+,21-;8?,9-,10+,11?,12?,13+,14?/m11/s1. The average molecular weight is 641 g/mol. The van der Waals surface area contributed by atoms with Gasteiger partial charge in [0.15, 0.2) is 12.1 Å². The molecule has 0 aromatic carbocycles. The lowest BCUT2D eigenvalue weighted by Crippen LogP contribution is -2.56. The predicted octanol–water partition coefficient (Wildman–Crippen LogP) is 3.59. The molecule has 0 aromatic heterocycles. The van der Waals surface area contributed by atoms with E-state index < -0.39 is 30.4 Å². The lowest BCUT2D eigenvalue weighted by Gasteiger charge is -2.41. The van der Waals surface area contributed by atoms with Crippen molar-refractivity contribution in [1.29, 1.82) is 0 Å². The summed E-state index contributed by atoms with van der Waals surface area (Å²) in [6, 6.07) is 0. The fourth-order valence-electron chi connectivity index (χ4n) is 7.97. The van der Waals surface area contributed by atoms with Crippen LogP contribution in [0.2, 0.25) is 0 Å². The van der Waals surface area contributed by atoms with Gasteiger partial charge in [0.05, 0.1) is 38.1 Å². The topological polar surface area (TPSA) is 140 Å². The van der Waals surface area contributed by atoms with Crippen molar-refractivity contribution in [1.82, 2.24) is 0 Å². The number of methoxy groups -OCH3 is 2. The zero-order valence-electron chi connectivity index (χ0n) is 28.9. The van der Waals surface area contributed by atoms with E-state index in [1.165, 1.54) is 23.8 Å². The highest BCUT2D eigenvalue weighted by atomic mass is 16.7. The Bertz CT molecular complexity index is 1040. The third kappa shape index (κ3) is 7.71. The van der Waals surface area contributed by atoms with Gasteiger partial charge in [-0.3, -0.25) is 0 Å². The first-order valence-corrected chi connectivity index (χ1v) is 17.0. The molecule has 45 heavy (non-hydrogen) atoms. The van der Waals surface area contributed by atoms with E-state index in [2.05, 4.69) is 33.8 Å². The number of aliphatic hydroxyl groups excluding tert-OH is 4. The third-order valence-corrected chi connectivity index (χ3v) is 11.2. The van der Waals surface area contributed by atoms with Gasteiger partial charge in [-0.15, -0.1) is 0 Å². The van der Waals surface area contributed by atoms with Crippen LogP contribution in [0.1, 0.15) is 74.1 Å². The van der Waals surface area contributed by atoms with Crippen molar-refractivity contribution in [3.63, 3.8) is 0 Å². The molecule has 0 bridgehead atoms. The van der Waals surface area contributed by atoms with Crippen molar-refractivity contribution in [3.05, 3.63) is 22.8 Å². The van der Waals surface area contributed by atoms with Crippen molar-refractivity contribution in [2.24, 2.45) is 35.0 Å².